The van der Waals surface area contributed by atoms with Gasteiger partial charge in [0.25, 0.3) is 0 Å². The van der Waals surface area contributed by atoms with Crippen LogP contribution in [0.2, 0.25) is 0 Å². The lowest BCUT2D eigenvalue weighted by Gasteiger charge is -2.16. The Morgan fingerprint density at radius 2 is 1.68 bits per heavy atom. The van der Waals surface area contributed by atoms with Crippen LogP contribution in [0.25, 0.3) is 0 Å². The summed E-state index contributed by atoms with van der Waals surface area (Å²) < 4.78 is 0. The van der Waals surface area contributed by atoms with Gasteiger partial charge in [-0.15, -0.1) is 0 Å². The van der Waals surface area contributed by atoms with Crippen LogP contribution in [-0.4, -0.2) is 23.3 Å². The van der Waals surface area contributed by atoms with Crippen LogP contribution < -0.4 is 5.32 Å². The van der Waals surface area contributed by atoms with Gasteiger partial charge < -0.3 is 10.2 Å². The van der Waals surface area contributed by atoms with Crippen molar-refractivity contribution in [2.45, 2.75) is 13.0 Å². The van der Waals surface area contributed by atoms with E-state index in [9.17, 15) is 9.59 Å². The summed E-state index contributed by atoms with van der Waals surface area (Å²) in [6.07, 6.45) is 0.283. The number of carbonyl (C=O) groups is 2. The van der Waals surface area contributed by atoms with E-state index in [1.54, 1.807) is 4.90 Å². The van der Waals surface area contributed by atoms with E-state index in [-0.39, 0.29) is 24.2 Å². The van der Waals surface area contributed by atoms with E-state index in [1.807, 2.05) is 60.7 Å². The standard InChI is InChI=1S/C18H18N2O2/c21-17-11-15(18(22)19-16-9-5-2-6-10-16)13-20(17)12-14-7-3-1-4-8-14/h1-10,15H,11-13H2,(H,19,22)/t15-/m0/s1. The predicted molar refractivity (Wildman–Crippen MR) is 85.0 cm³/mol. The average Bonchev–Trinajstić information content (AvgIpc) is 2.90. The van der Waals surface area contributed by atoms with Crippen molar-refractivity contribution in [3.8, 4) is 0 Å². The van der Waals surface area contributed by atoms with Gasteiger partial charge in [-0.3, -0.25) is 9.59 Å². The second kappa shape index (κ2) is 6.43. The molecule has 22 heavy (non-hydrogen) atoms. The fourth-order valence-electron chi connectivity index (χ4n) is 2.67. The molecule has 2 aromatic rings. The lowest BCUT2D eigenvalue weighted by molar-refractivity contribution is -0.128. The molecular weight excluding hydrogens is 276 g/mol. The van der Waals surface area contributed by atoms with Crippen molar-refractivity contribution in [1.29, 1.82) is 0 Å². The Bertz CT molecular complexity index is 655. The molecule has 1 fully saturated rings. The van der Waals surface area contributed by atoms with Gasteiger partial charge in [-0.25, -0.2) is 0 Å². The minimum Gasteiger partial charge on any atom is -0.338 e. The highest BCUT2D eigenvalue weighted by atomic mass is 16.2. The van der Waals surface area contributed by atoms with Crippen LogP contribution in [0, 0.1) is 5.92 Å². The first-order chi connectivity index (χ1) is 10.7. The summed E-state index contributed by atoms with van der Waals surface area (Å²) in [6, 6.07) is 19.2. The number of benzene rings is 2. The molecule has 0 radical (unpaired) electrons. The highest BCUT2D eigenvalue weighted by Crippen LogP contribution is 2.21. The topological polar surface area (TPSA) is 49.4 Å². The first-order valence-corrected chi connectivity index (χ1v) is 7.40. The van der Waals surface area contributed by atoms with E-state index >= 15 is 0 Å². The van der Waals surface area contributed by atoms with E-state index in [0.29, 0.717) is 13.1 Å². The Morgan fingerprint density at radius 1 is 1.05 bits per heavy atom. The molecule has 1 atom stereocenters. The molecule has 0 spiro atoms. The zero-order valence-corrected chi connectivity index (χ0v) is 12.2. The molecule has 1 aliphatic heterocycles. The first kappa shape index (κ1) is 14.3. The van der Waals surface area contributed by atoms with Gasteiger partial charge in [-0.1, -0.05) is 48.5 Å². The average molecular weight is 294 g/mol. The summed E-state index contributed by atoms with van der Waals surface area (Å²) >= 11 is 0. The van der Waals surface area contributed by atoms with Gasteiger partial charge in [0.05, 0.1) is 5.92 Å². The molecule has 0 saturated carbocycles. The summed E-state index contributed by atoms with van der Waals surface area (Å²) in [7, 11) is 0. The fourth-order valence-corrected chi connectivity index (χ4v) is 2.67. The van der Waals surface area contributed by atoms with Crippen LogP contribution in [0.3, 0.4) is 0 Å². The lowest BCUT2D eigenvalue weighted by Crippen LogP contribution is -2.28. The molecule has 1 aliphatic rings. The number of anilines is 1. The van der Waals surface area contributed by atoms with Crippen molar-refractivity contribution < 1.29 is 9.59 Å². The second-order valence-corrected chi connectivity index (χ2v) is 5.52. The molecule has 1 saturated heterocycles. The van der Waals surface area contributed by atoms with Gasteiger partial charge in [0.15, 0.2) is 0 Å². The third-order valence-electron chi connectivity index (χ3n) is 3.84. The minimum absolute atomic E-state index is 0.0389. The summed E-state index contributed by atoms with van der Waals surface area (Å²) in [5.74, 6) is -0.330. The number of amides is 2. The number of carbonyl (C=O) groups excluding carboxylic acids is 2. The van der Waals surface area contributed by atoms with Crippen LogP contribution in [0.15, 0.2) is 60.7 Å². The maximum Gasteiger partial charge on any atom is 0.229 e. The molecule has 112 valence electrons. The van der Waals surface area contributed by atoms with Gasteiger partial charge in [0.2, 0.25) is 11.8 Å². The van der Waals surface area contributed by atoms with Crippen molar-refractivity contribution in [1.82, 2.24) is 4.90 Å². The SMILES string of the molecule is O=C(Nc1ccccc1)[C@H]1CC(=O)N(Cc2ccccc2)C1. The summed E-state index contributed by atoms with van der Waals surface area (Å²) in [5.41, 5.74) is 1.85. The van der Waals surface area contributed by atoms with Gasteiger partial charge in [-0.2, -0.15) is 0 Å². The van der Waals surface area contributed by atoms with Crippen molar-refractivity contribution in [2.24, 2.45) is 5.92 Å². The monoisotopic (exact) mass is 294 g/mol. The predicted octanol–water partition coefficient (Wildman–Crippen LogP) is 2.67. The Morgan fingerprint density at radius 3 is 2.36 bits per heavy atom. The maximum atomic E-state index is 12.3. The Labute approximate surface area is 129 Å². The molecule has 4 nitrogen and oxygen atoms in total. The highest BCUT2D eigenvalue weighted by Gasteiger charge is 2.34. The maximum absolute atomic E-state index is 12.3. The second-order valence-electron chi connectivity index (χ2n) is 5.52. The summed E-state index contributed by atoms with van der Waals surface area (Å²) in [5, 5.41) is 2.87. The third-order valence-corrected chi connectivity index (χ3v) is 3.84. The van der Waals surface area contributed by atoms with E-state index in [4.69, 9.17) is 0 Å². The van der Waals surface area contributed by atoms with Gasteiger partial charge in [0.1, 0.15) is 0 Å². The highest BCUT2D eigenvalue weighted by molar-refractivity contribution is 5.97. The third kappa shape index (κ3) is 3.34. The van der Waals surface area contributed by atoms with Crippen LogP contribution in [0.5, 0.6) is 0 Å². The molecule has 1 N–H and O–H groups in total. The number of nitrogens with zero attached hydrogens (tertiary/aromatic N) is 1. The van der Waals surface area contributed by atoms with Crippen molar-refractivity contribution in [3.05, 3.63) is 66.2 Å². The van der Waals surface area contributed by atoms with Crippen molar-refractivity contribution in [3.63, 3.8) is 0 Å². The number of hydrogen-bond acceptors (Lipinski definition) is 2. The normalized spacial score (nSPS) is 17.5. The van der Waals surface area contributed by atoms with E-state index in [0.717, 1.165) is 11.3 Å². The van der Waals surface area contributed by atoms with Gasteiger partial charge in [0, 0.05) is 25.2 Å². The Balaban J connectivity index is 1.60. The zero-order valence-electron chi connectivity index (χ0n) is 12.2. The Kier molecular flexibility index (Phi) is 4.19. The first-order valence-electron chi connectivity index (χ1n) is 7.40. The number of rotatable bonds is 4. The minimum atomic E-state index is -0.281. The van der Waals surface area contributed by atoms with Gasteiger partial charge >= 0.3 is 0 Å². The molecule has 0 aliphatic carbocycles. The molecule has 2 amide bonds. The van der Waals surface area contributed by atoms with Crippen molar-refractivity contribution in [2.75, 3.05) is 11.9 Å². The largest absolute Gasteiger partial charge is 0.338 e. The summed E-state index contributed by atoms with van der Waals surface area (Å²) in [4.78, 5) is 26.1. The van der Waals surface area contributed by atoms with E-state index in [2.05, 4.69) is 5.32 Å². The van der Waals surface area contributed by atoms with Crippen LogP contribution in [-0.2, 0) is 16.1 Å². The quantitative estimate of drug-likeness (QED) is 0.942. The van der Waals surface area contributed by atoms with Crippen molar-refractivity contribution >= 4 is 17.5 Å². The van der Waals surface area contributed by atoms with Crippen LogP contribution in [0.4, 0.5) is 5.69 Å². The molecular formula is C18H18N2O2. The summed E-state index contributed by atoms with van der Waals surface area (Å²) in [6.45, 7) is 1.04. The number of nitrogens with one attached hydrogen (secondary N) is 1. The number of likely N-dealkylation sites (tertiary alicyclic amines) is 1. The molecule has 0 bridgehead atoms. The molecule has 0 unspecified atom stereocenters. The molecule has 4 heteroatoms. The van der Waals surface area contributed by atoms with Crippen LogP contribution >= 0.6 is 0 Å². The van der Waals surface area contributed by atoms with Gasteiger partial charge in [-0.05, 0) is 17.7 Å². The van der Waals surface area contributed by atoms with Crippen LogP contribution in [0.1, 0.15) is 12.0 Å². The smallest absolute Gasteiger partial charge is 0.229 e. The fraction of sp³-hybridized carbons (Fsp3) is 0.222. The Hall–Kier alpha value is -2.62. The zero-order chi connectivity index (χ0) is 15.4. The molecule has 1 heterocycles. The lowest BCUT2D eigenvalue weighted by atomic mass is 10.1. The van der Waals surface area contributed by atoms with E-state index < -0.39 is 0 Å². The number of para-hydroxylation sites is 1. The molecule has 3 rings (SSSR count). The number of hydrogen-bond donors (Lipinski definition) is 1. The van der Waals surface area contributed by atoms with E-state index in [1.165, 1.54) is 0 Å². The molecule has 0 aromatic heterocycles. The molecule has 2 aromatic carbocycles.